The number of β-amino-alcohol motifs (C(OH)–C–C–N with tert-alkyl or cyclic N) is 1. The molecule has 5 rings (SSSR count). The van der Waals surface area contributed by atoms with Gasteiger partial charge in [-0.15, -0.1) is 0 Å². The molecule has 3 N–H and O–H groups in total. The molecular weight excluding hydrogens is 516 g/mol. The van der Waals surface area contributed by atoms with Crippen molar-refractivity contribution in [2.45, 2.75) is 38.5 Å². The number of benzene rings is 1. The van der Waals surface area contributed by atoms with Crippen molar-refractivity contribution < 1.29 is 14.6 Å². The number of rotatable bonds is 5. The van der Waals surface area contributed by atoms with E-state index >= 15 is 0 Å². The molecule has 0 bridgehead atoms. The number of nitrogens with zero attached hydrogens (tertiary/aromatic N) is 5. The smallest absolute Gasteiger partial charge is 0.246 e. The Balaban J connectivity index is 1.46. The average molecular weight is 549 g/mol. The molecule has 2 aromatic heterocycles. The van der Waals surface area contributed by atoms with Crippen LogP contribution in [0.1, 0.15) is 32.0 Å². The summed E-state index contributed by atoms with van der Waals surface area (Å²) < 4.78 is 7.58. The molecule has 2 aliphatic heterocycles. The van der Waals surface area contributed by atoms with Crippen LogP contribution in [0.4, 0.5) is 5.82 Å². The zero-order valence-electron chi connectivity index (χ0n) is 22.4. The van der Waals surface area contributed by atoms with Crippen molar-refractivity contribution in [3.05, 3.63) is 47.9 Å². The Hall–Kier alpha value is -3.58. The molecule has 0 unspecified atom stereocenters. The second kappa shape index (κ2) is 10.9. The Morgan fingerprint density at radius 2 is 2.08 bits per heavy atom. The van der Waals surface area contributed by atoms with Crippen LogP contribution >= 0.6 is 11.6 Å². The highest BCUT2D eigenvalue weighted by Gasteiger charge is 2.39. The molecule has 2 fully saturated rings. The predicted molar refractivity (Wildman–Crippen MR) is 152 cm³/mol. The summed E-state index contributed by atoms with van der Waals surface area (Å²) in [6.07, 6.45) is 2.91. The van der Waals surface area contributed by atoms with Gasteiger partial charge in [-0.1, -0.05) is 30.2 Å². The summed E-state index contributed by atoms with van der Waals surface area (Å²) in [5, 5.41) is 12.0. The number of halogens is 1. The number of fused-ring (bicyclic) bond motifs is 1. The lowest BCUT2D eigenvalue weighted by Gasteiger charge is -2.47. The average Bonchev–Trinajstić information content (AvgIpc) is 3.23. The van der Waals surface area contributed by atoms with Crippen LogP contribution in [0.15, 0.2) is 37.2 Å². The van der Waals surface area contributed by atoms with Crippen LogP contribution in [0.3, 0.4) is 0 Å². The molecule has 1 aromatic carbocycles. The number of nitrogens with two attached hydrogens (primary N) is 1. The van der Waals surface area contributed by atoms with E-state index in [1.165, 1.54) is 12.4 Å². The number of nitrogen functional groups attached to an aromatic ring is 1. The Labute approximate surface area is 233 Å². The number of hydrogen-bond acceptors (Lipinski definition) is 7. The number of ether oxygens (including phenoxy) is 1. The van der Waals surface area contributed by atoms with Gasteiger partial charge in [0.25, 0.3) is 0 Å². The number of amides is 1. The molecule has 3 aromatic rings. The number of carbonyl (C=O) groups is 1. The van der Waals surface area contributed by atoms with E-state index < -0.39 is 6.10 Å². The number of carbonyl (C=O) groups excluding carboxylic acids is 1. The topological polar surface area (TPSA) is 110 Å². The fraction of sp³-hybridized carbons (Fsp3) is 0.414. The van der Waals surface area contributed by atoms with Gasteiger partial charge in [-0.25, -0.2) is 9.97 Å². The summed E-state index contributed by atoms with van der Waals surface area (Å²) in [6, 6.07) is 5.71. The van der Waals surface area contributed by atoms with Crippen molar-refractivity contribution in [3.8, 4) is 28.7 Å². The van der Waals surface area contributed by atoms with E-state index in [-0.39, 0.29) is 23.9 Å². The van der Waals surface area contributed by atoms with Gasteiger partial charge in [-0.05, 0) is 50.0 Å². The van der Waals surface area contributed by atoms with Crippen LogP contribution in [0.2, 0.25) is 5.02 Å². The maximum absolute atomic E-state index is 11.9. The van der Waals surface area contributed by atoms with Crippen LogP contribution in [-0.2, 0) is 4.79 Å². The molecule has 0 radical (unpaired) electrons. The molecule has 39 heavy (non-hydrogen) atoms. The van der Waals surface area contributed by atoms with Crippen LogP contribution in [-0.4, -0.2) is 80.8 Å². The van der Waals surface area contributed by atoms with Crippen molar-refractivity contribution in [3.63, 3.8) is 0 Å². The fourth-order valence-corrected chi connectivity index (χ4v) is 5.79. The summed E-state index contributed by atoms with van der Waals surface area (Å²) in [5.74, 6) is 7.88. The minimum atomic E-state index is -0.590. The van der Waals surface area contributed by atoms with Crippen molar-refractivity contribution in [2.24, 2.45) is 5.92 Å². The van der Waals surface area contributed by atoms with Gasteiger partial charge in [0.15, 0.2) is 0 Å². The first-order chi connectivity index (χ1) is 18.7. The standard InChI is InChI=1S/C29H33ClN6O3/c1-5-25(38)34-11-10-21(23(37)15-34)35-13-18(14-35)6-9-22-26(19-7-8-20(30)24(12-19)39-4)27-28(31)32-16-33-29(27)36(22)17(2)3/h5,7-8,12,16-18,21,23,37H,1,10-11,13-15H2,2-4H3,(H2,31,32,33)/t21-,23+/m1/s1. The Morgan fingerprint density at radius 1 is 1.31 bits per heavy atom. The van der Waals surface area contributed by atoms with Crippen molar-refractivity contribution in [2.75, 3.05) is 39.0 Å². The Morgan fingerprint density at radius 3 is 2.74 bits per heavy atom. The Kier molecular flexibility index (Phi) is 7.54. The van der Waals surface area contributed by atoms with E-state index in [0.717, 1.165) is 47.4 Å². The third-order valence-electron chi connectivity index (χ3n) is 7.57. The monoisotopic (exact) mass is 548 g/mol. The van der Waals surface area contributed by atoms with Crippen LogP contribution < -0.4 is 10.5 Å². The maximum Gasteiger partial charge on any atom is 0.246 e. The third kappa shape index (κ3) is 4.96. The second-order valence-electron chi connectivity index (χ2n) is 10.3. The number of likely N-dealkylation sites (tertiary alicyclic amines) is 2. The fourth-order valence-electron chi connectivity index (χ4n) is 5.60. The summed E-state index contributed by atoms with van der Waals surface area (Å²) in [6.45, 7) is 10.2. The minimum absolute atomic E-state index is 0.0196. The van der Waals surface area contributed by atoms with E-state index in [2.05, 4.69) is 51.7 Å². The highest BCUT2D eigenvalue weighted by atomic mass is 35.5. The number of methoxy groups -OCH3 is 1. The van der Waals surface area contributed by atoms with E-state index in [9.17, 15) is 9.90 Å². The highest BCUT2D eigenvalue weighted by Crippen LogP contribution is 2.40. The molecule has 2 saturated heterocycles. The molecule has 0 aliphatic carbocycles. The number of aliphatic hydroxyl groups excluding tert-OH is 1. The summed E-state index contributed by atoms with van der Waals surface area (Å²) in [5.41, 5.74) is 9.65. The van der Waals surface area contributed by atoms with E-state index in [4.69, 9.17) is 22.1 Å². The zero-order chi connectivity index (χ0) is 27.8. The number of aromatic nitrogens is 3. The number of hydrogen-bond donors (Lipinski definition) is 2. The molecular formula is C29H33ClN6O3. The lowest BCUT2D eigenvalue weighted by molar-refractivity contribution is -0.132. The Bertz CT molecular complexity index is 1480. The SMILES string of the molecule is C=CC(=O)N1CC[C@@H](N2CC(C#Cc3c(-c4ccc(Cl)c(OC)c4)c4c(N)ncnc4n3C(C)C)C2)[C@@H](O)C1. The molecule has 0 spiro atoms. The van der Waals surface area contributed by atoms with E-state index in [1.807, 2.05) is 12.1 Å². The van der Waals surface area contributed by atoms with Crippen LogP contribution in [0.5, 0.6) is 5.75 Å². The zero-order valence-corrected chi connectivity index (χ0v) is 23.1. The third-order valence-corrected chi connectivity index (χ3v) is 7.89. The summed E-state index contributed by atoms with van der Waals surface area (Å²) in [7, 11) is 1.58. The van der Waals surface area contributed by atoms with Gasteiger partial charge in [0.1, 0.15) is 29.2 Å². The summed E-state index contributed by atoms with van der Waals surface area (Å²) in [4.78, 5) is 24.7. The molecule has 9 nitrogen and oxygen atoms in total. The lowest BCUT2D eigenvalue weighted by Crippen LogP contribution is -2.61. The number of anilines is 1. The lowest BCUT2D eigenvalue weighted by atomic mass is 9.91. The normalized spacial score (nSPS) is 20.0. The van der Waals surface area contributed by atoms with Gasteiger partial charge in [0, 0.05) is 49.7 Å². The highest BCUT2D eigenvalue weighted by molar-refractivity contribution is 6.32. The van der Waals surface area contributed by atoms with Gasteiger partial charge < -0.3 is 25.0 Å². The first-order valence-corrected chi connectivity index (χ1v) is 13.4. The van der Waals surface area contributed by atoms with Gasteiger partial charge in [0.2, 0.25) is 5.91 Å². The molecule has 1 amide bonds. The van der Waals surface area contributed by atoms with E-state index in [1.54, 1.807) is 18.1 Å². The van der Waals surface area contributed by atoms with Gasteiger partial charge in [0.05, 0.1) is 23.6 Å². The van der Waals surface area contributed by atoms with Crippen LogP contribution in [0, 0.1) is 17.8 Å². The maximum atomic E-state index is 11.9. The molecule has 4 heterocycles. The van der Waals surface area contributed by atoms with Crippen molar-refractivity contribution in [1.29, 1.82) is 0 Å². The van der Waals surface area contributed by atoms with Crippen molar-refractivity contribution in [1.82, 2.24) is 24.3 Å². The number of aliphatic hydroxyl groups is 1. The quantitative estimate of drug-likeness (QED) is 0.371. The van der Waals surface area contributed by atoms with Crippen molar-refractivity contribution >= 4 is 34.4 Å². The van der Waals surface area contributed by atoms with Gasteiger partial charge in [-0.3, -0.25) is 9.69 Å². The molecule has 2 atom stereocenters. The second-order valence-corrected chi connectivity index (χ2v) is 10.7. The first-order valence-electron chi connectivity index (χ1n) is 13.1. The predicted octanol–water partition coefficient (Wildman–Crippen LogP) is 3.35. The van der Waals surface area contributed by atoms with Gasteiger partial charge in [-0.2, -0.15) is 0 Å². The molecule has 204 valence electrons. The number of piperidine rings is 1. The van der Waals surface area contributed by atoms with Gasteiger partial charge >= 0.3 is 0 Å². The van der Waals surface area contributed by atoms with E-state index in [0.29, 0.717) is 29.7 Å². The molecule has 0 saturated carbocycles. The minimum Gasteiger partial charge on any atom is -0.495 e. The summed E-state index contributed by atoms with van der Waals surface area (Å²) >= 11 is 6.32. The molecule has 2 aliphatic rings. The van der Waals surface area contributed by atoms with Crippen LogP contribution in [0.25, 0.3) is 22.2 Å². The largest absolute Gasteiger partial charge is 0.495 e. The first kappa shape index (κ1) is 27.0. The molecule has 10 heteroatoms.